The van der Waals surface area contributed by atoms with Crippen LogP contribution in [0.3, 0.4) is 0 Å². The Labute approximate surface area is 155 Å². The van der Waals surface area contributed by atoms with Crippen molar-refractivity contribution < 1.29 is 19.0 Å². The lowest BCUT2D eigenvalue weighted by Crippen LogP contribution is -2.27. The summed E-state index contributed by atoms with van der Waals surface area (Å²) in [5.41, 5.74) is 1.70. The van der Waals surface area contributed by atoms with E-state index in [9.17, 15) is 4.79 Å². The summed E-state index contributed by atoms with van der Waals surface area (Å²) in [5.74, 6) is 1.52. The highest BCUT2D eigenvalue weighted by atomic mass is 79.9. The minimum Gasteiger partial charge on any atom is -0.493 e. The van der Waals surface area contributed by atoms with Crippen LogP contribution in [0.2, 0.25) is 0 Å². The molecule has 1 amide bonds. The molecule has 0 radical (unpaired) electrons. The molecule has 5 nitrogen and oxygen atoms in total. The van der Waals surface area contributed by atoms with Crippen LogP contribution in [0.5, 0.6) is 17.2 Å². The molecule has 0 bridgehead atoms. The molecule has 2 aromatic carbocycles. The first kappa shape index (κ1) is 17.6. The van der Waals surface area contributed by atoms with E-state index in [0.29, 0.717) is 33.2 Å². The lowest BCUT2D eigenvalue weighted by Gasteiger charge is -2.16. The third kappa shape index (κ3) is 3.44. The van der Waals surface area contributed by atoms with Crippen molar-refractivity contribution in [3.8, 4) is 17.2 Å². The minimum atomic E-state index is -0.172. The Morgan fingerprint density at radius 2 is 1.76 bits per heavy atom. The fraction of sp³-hybridized carbons (Fsp3) is 0.316. The molecule has 25 heavy (non-hydrogen) atoms. The van der Waals surface area contributed by atoms with Gasteiger partial charge in [-0.25, -0.2) is 0 Å². The maximum atomic E-state index is 12.7. The predicted molar refractivity (Wildman–Crippen MR) is 98.9 cm³/mol. The molecule has 0 aromatic heterocycles. The van der Waals surface area contributed by atoms with Gasteiger partial charge in [0.25, 0.3) is 5.91 Å². The molecule has 1 fully saturated rings. The van der Waals surface area contributed by atoms with Crippen molar-refractivity contribution in [1.82, 2.24) is 5.32 Å². The van der Waals surface area contributed by atoms with Gasteiger partial charge >= 0.3 is 0 Å². The summed E-state index contributed by atoms with van der Waals surface area (Å²) in [5, 5.41) is 3.08. The normalized spacial score (nSPS) is 18.4. The van der Waals surface area contributed by atoms with Gasteiger partial charge in [0.2, 0.25) is 5.75 Å². The average Bonchev–Trinajstić information content (AvgIpc) is 3.40. The Morgan fingerprint density at radius 3 is 2.36 bits per heavy atom. The van der Waals surface area contributed by atoms with Crippen LogP contribution < -0.4 is 19.5 Å². The number of carbonyl (C=O) groups is 1. The van der Waals surface area contributed by atoms with Crippen molar-refractivity contribution in [2.75, 3.05) is 21.3 Å². The minimum absolute atomic E-state index is 0.140. The first-order valence-electron chi connectivity index (χ1n) is 7.95. The zero-order valence-corrected chi connectivity index (χ0v) is 15.9. The highest BCUT2D eigenvalue weighted by molar-refractivity contribution is 9.10. The first-order valence-corrected chi connectivity index (χ1v) is 8.74. The SMILES string of the molecule is COc1cc(C(=O)N[C@@H]2C[C@H]2c2ccccc2)c(Br)c(OC)c1OC. The Balaban J connectivity index is 1.81. The molecule has 2 atom stereocenters. The van der Waals surface area contributed by atoms with E-state index >= 15 is 0 Å². The number of ether oxygens (including phenoxy) is 3. The van der Waals surface area contributed by atoms with Crippen LogP contribution in [-0.2, 0) is 0 Å². The van der Waals surface area contributed by atoms with Crippen LogP contribution in [-0.4, -0.2) is 33.3 Å². The van der Waals surface area contributed by atoms with E-state index in [-0.39, 0.29) is 11.9 Å². The standard InChI is InChI=1S/C19H20BrNO4/c1-23-15-10-13(16(20)18(25-3)17(15)24-2)19(22)21-14-9-12(14)11-7-5-4-6-8-11/h4-8,10,12,14H,9H2,1-3H3,(H,21,22)/t12-,14+/m0/s1. The number of methoxy groups -OCH3 is 3. The molecule has 3 rings (SSSR count). The number of hydrogen-bond acceptors (Lipinski definition) is 4. The quantitative estimate of drug-likeness (QED) is 0.794. The number of benzene rings is 2. The number of rotatable bonds is 6. The highest BCUT2D eigenvalue weighted by Crippen LogP contribution is 2.45. The van der Waals surface area contributed by atoms with Crippen LogP contribution in [0, 0.1) is 0 Å². The second kappa shape index (κ2) is 7.35. The summed E-state index contributed by atoms with van der Waals surface area (Å²) in [4.78, 5) is 12.7. The van der Waals surface area contributed by atoms with E-state index in [1.165, 1.54) is 26.9 Å². The molecule has 6 heteroatoms. The number of carbonyl (C=O) groups excluding carboxylic acids is 1. The molecule has 2 aromatic rings. The molecule has 0 unspecified atom stereocenters. The monoisotopic (exact) mass is 405 g/mol. The van der Waals surface area contributed by atoms with Crippen LogP contribution in [0.25, 0.3) is 0 Å². The Bertz CT molecular complexity index is 779. The Morgan fingerprint density at radius 1 is 1.08 bits per heavy atom. The molecule has 1 aliphatic rings. The lowest BCUT2D eigenvalue weighted by molar-refractivity contribution is 0.0948. The van der Waals surface area contributed by atoms with Crippen molar-refractivity contribution in [3.63, 3.8) is 0 Å². The van der Waals surface area contributed by atoms with Crippen LogP contribution in [0.1, 0.15) is 28.3 Å². The summed E-state index contributed by atoms with van der Waals surface area (Å²) >= 11 is 3.45. The first-order chi connectivity index (χ1) is 12.1. The van der Waals surface area contributed by atoms with Gasteiger partial charge in [0, 0.05) is 12.0 Å². The van der Waals surface area contributed by atoms with Gasteiger partial charge in [-0.3, -0.25) is 4.79 Å². The zero-order chi connectivity index (χ0) is 18.0. The molecule has 1 saturated carbocycles. The Hall–Kier alpha value is -2.21. The van der Waals surface area contributed by atoms with Gasteiger partial charge in [0.1, 0.15) is 0 Å². The van der Waals surface area contributed by atoms with Crippen molar-refractivity contribution in [2.24, 2.45) is 0 Å². The Kier molecular flexibility index (Phi) is 5.18. The van der Waals surface area contributed by atoms with Gasteiger partial charge in [0.05, 0.1) is 31.4 Å². The summed E-state index contributed by atoms with van der Waals surface area (Å²) in [6.07, 6.45) is 0.942. The molecule has 0 aliphatic heterocycles. The van der Waals surface area contributed by atoms with Crippen LogP contribution in [0.15, 0.2) is 40.9 Å². The van der Waals surface area contributed by atoms with Gasteiger partial charge in [0.15, 0.2) is 11.5 Å². The van der Waals surface area contributed by atoms with Crippen LogP contribution >= 0.6 is 15.9 Å². The molecule has 0 spiro atoms. The summed E-state index contributed by atoms with van der Waals surface area (Å²) < 4.78 is 16.6. The third-order valence-electron chi connectivity index (χ3n) is 4.35. The fourth-order valence-electron chi connectivity index (χ4n) is 2.96. The third-order valence-corrected chi connectivity index (χ3v) is 5.14. The maximum absolute atomic E-state index is 12.7. The highest BCUT2D eigenvalue weighted by Gasteiger charge is 2.40. The van der Waals surface area contributed by atoms with E-state index in [2.05, 4.69) is 33.4 Å². The maximum Gasteiger partial charge on any atom is 0.252 e. The second-order valence-corrected chi connectivity index (χ2v) is 6.63. The van der Waals surface area contributed by atoms with Crippen molar-refractivity contribution in [3.05, 3.63) is 52.0 Å². The molecule has 132 valence electrons. The smallest absolute Gasteiger partial charge is 0.252 e. The number of amides is 1. The van der Waals surface area contributed by atoms with Gasteiger partial charge < -0.3 is 19.5 Å². The molecular formula is C19H20BrNO4. The van der Waals surface area contributed by atoms with Crippen molar-refractivity contribution >= 4 is 21.8 Å². The van der Waals surface area contributed by atoms with E-state index < -0.39 is 0 Å². The molecule has 1 aliphatic carbocycles. The topological polar surface area (TPSA) is 56.8 Å². The van der Waals surface area contributed by atoms with Crippen molar-refractivity contribution in [2.45, 2.75) is 18.4 Å². The van der Waals surface area contributed by atoms with Gasteiger partial charge in [-0.15, -0.1) is 0 Å². The molecule has 0 saturated heterocycles. The summed E-state index contributed by atoms with van der Waals surface area (Å²) in [6.45, 7) is 0. The molecular weight excluding hydrogens is 386 g/mol. The lowest BCUT2D eigenvalue weighted by atomic mass is 10.1. The van der Waals surface area contributed by atoms with Crippen LogP contribution in [0.4, 0.5) is 0 Å². The van der Waals surface area contributed by atoms with Crippen molar-refractivity contribution in [1.29, 1.82) is 0 Å². The number of hydrogen-bond donors (Lipinski definition) is 1. The van der Waals surface area contributed by atoms with Gasteiger partial charge in [-0.2, -0.15) is 0 Å². The molecule has 0 heterocycles. The van der Waals surface area contributed by atoms with E-state index in [1.54, 1.807) is 6.07 Å². The number of nitrogens with one attached hydrogen (secondary N) is 1. The second-order valence-electron chi connectivity index (χ2n) is 5.84. The van der Waals surface area contributed by atoms with E-state index in [1.807, 2.05) is 18.2 Å². The zero-order valence-electron chi connectivity index (χ0n) is 14.3. The summed E-state index contributed by atoms with van der Waals surface area (Å²) in [6, 6.07) is 12.0. The van der Waals surface area contributed by atoms with Gasteiger partial charge in [-0.1, -0.05) is 30.3 Å². The summed E-state index contributed by atoms with van der Waals surface area (Å²) in [7, 11) is 4.58. The number of halogens is 1. The fourth-order valence-corrected chi connectivity index (χ4v) is 3.59. The largest absolute Gasteiger partial charge is 0.493 e. The predicted octanol–water partition coefficient (Wildman–Crippen LogP) is 3.76. The average molecular weight is 406 g/mol. The van der Waals surface area contributed by atoms with E-state index in [4.69, 9.17) is 14.2 Å². The molecule has 1 N–H and O–H groups in total. The van der Waals surface area contributed by atoms with Gasteiger partial charge in [-0.05, 0) is 34.0 Å². The van der Waals surface area contributed by atoms with E-state index in [0.717, 1.165) is 6.42 Å².